The van der Waals surface area contributed by atoms with Crippen molar-refractivity contribution in [3.05, 3.63) is 76.8 Å². The van der Waals surface area contributed by atoms with E-state index in [0.29, 0.717) is 11.3 Å². The van der Waals surface area contributed by atoms with E-state index in [1.54, 1.807) is 30.3 Å². The highest BCUT2D eigenvalue weighted by atomic mass is 79.9. The van der Waals surface area contributed by atoms with Crippen molar-refractivity contribution in [3.63, 3.8) is 0 Å². The lowest BCUT2D eigenvalue weighted by Crippen LogP contribution is -2.37. The highest BCUT2D eigenvalue weighted by Crippen LogP contribution is 2.24. The molecule has 0 aliphatic heterocycles. The molecular formula is C21H18BrNO4. The zero-order valence-corrected chi connectivity index (χ0v) is 16.2. The van der Waals surface area contributed by atoms with Crippen LogP contribution in [-0.2, 0) is 14.3 Å². The molecule has 1 unspecified atom stereocenters. The second kappa shape index (κ2) is 8.68. The third kappa shape index (κ3) is 4.86. The van der Waals surface area contributed by atoms with E-state index in [2.05, 4.69) is 21.2 Å². The zero-order chi connectivity index (χ0) is 19.2. The van der Waals surface area contributed by atoms with Gasteiger partial charge in [-0.15, -0.1) is 0 Å². The minimum absolute atomic E-state index is 0.206. The van der Waals surface area contributed by atoms with Crippen molar-refractivity contribution < 1.29 is 19.1 Å². The van der Waals surface area contributed by atoms with Crippen molar-refractivity contribution in [2.24, 2.45) is 0 Å². The van der Waals surface area contributed by atoms with Gasteiger partial charge in [0, 0.05) is 4.47 Å². The molecule has 0 fully saturated rings. The van der Waals surface area contributed by atoms with Crippen LogP contribution in [0.1, 0.15) is 11.6 Å². The topological polar surface area (TPSA) is 64.6 Å². The van der Waals surface area contributed by atoms with Crippen molar-refractivity contribution in [2.75, 3.05) is 13.7 Å². The molecule has 5 nitrogen and oxygen atoms in total. The number of carbonyl (C=O) groups excluding carboxylic acids is 2. The molecule has 1 amide bonds. The largest absolute Gasteiger partial charge is 0.484 e. The first-order chi connectivity index (χ1) is 13.1. The Morgan fingerprint density at radius 2 is 1.70 bits per heavy atom. The van der Waals surface area contributed by atoms with Crippen LogP contribution in [0.2, 0.25) is 0 Å². The number of amides is 1. The third-order valence-corrected chi connectivity index (χ3v) is 4.51. The van der Waals surface area contributed by atoms with E-state index in [0.717, 1.165) is 15.2 Å². The van der Waals surface area contributed by atoms with Gasteiger partial charge in [-0.25, -0.2) is 4.79 Å². The summed E-state index contributed by atoms with van der Waals surface area (Å²) in [6.45, 7) is -0.206. The minimum atomic E-state index is -0.874. The number of hydrogen-bond donors (Lipinski definition) is 1. The summed E-state index contributed by atoms with van der Waals surface area (Å²) in [6, 6.07) is 19.6. The Kier molecular flexibility index (Phi) is 6.08. The summed E-state index contributed by atoms with van der Waals surface area (Å²) >= 11 is 3.44. The Bertz CT molecular complexity index is 959. The summed E-state index contributed by atoms with van der Waals surface area (Å²) in [6.07, 6.45) is 0. The number of nitrogens with one attached hydrogen (secondary N) is 1. The molecule has 0 aliphatic carbocycles. The summed E-state index contributed by atoms with van der Waals surface area (Å²) in [5.74, 6) is -0.370. The first-order valence-electron chi connectivity index (χ1n) is 8.31. The first-order valence-corrected chi connectivity index (χ1v) is 9.10. The van der Waals surface area contributed by atoms with Crippen LogP contribution < -0.4 is 10.1 Å². The molecular weight excluding hydrogens is 410 g/mol. The van der Waals surface area contributed by atoms with Crippen LogP contribution in [0.3, 0.4) is 0 Å². The standard InChI is InChI=1S/C21H18BrNO4/c1-26-21(25)20(14-5-3-2-4-6-14)23-19(24)13-27-18-10-8-15-11-17(22)9-7-16(15)12-18/h2-12,20H,13H2,1H3,(H,23,24). The monoisotopic (exact) mass is 427 g/mol. The van der Waals surface area contributed by atoms with Crippen molar-refractivity contribution in [1.82, 2.24) is 5.32 Å². The van der Waals surface area contributed by atoms with Crippen LogP contribution in [0.25, 0.3) is 10.8 Å². The predicted octanol–water partition coefficient (Wildman–Crippen LogP) is 4.01. The number of hydrogen-bond acceptors (Lipinski definition) is 4. The van der Waals surface area contributed by atoms with E-state index >= 15 is 0 Å². The van der Waals surface area contributed by atoms with Gasteiger partial charge in [0.2, 0.25) is 0 Å². The second-order valence-electron chi connectivity index (χ2n) is 5.88. The molecule has 3 aromatic rings. The zero-order valence-electron chi connectivity index (χ0n) is 14.6. The molecule has 27 heavy (non-hydrogen) atoms. The van der Waals surface area contributed by atoms with Crippen molar-refractivity contribution in [1.29, 1.82) is 0 Å². The molecule has 0 spiro atoms. The molecule has 1 atom stereocenters. The molecule has 1 N–H and O–H groups in total. The van der Waals surface area contributed by atoms with Crippen LogP contribution in [0.15, 0.2) is 71.2 Å². The first kappa shape index (κ1) is 18.9. The SMILES string of the molecule is COC(=O)C(NC(=O)COc1ccc2cc(Br)ccc2c1)c1ccccc1. The third-order valence-electron chi connectivity index (χ3n) is 4.02. The number of fused-ring (bicyclic) bond motifs is 1. The Morgan fingerprint density at radius 3 is 2.44 bits per heavy atom. The van der Waals surface area contributed by atoms with Gasteiger partial charge < -0.3 is 14.8 Å². The van der Waals surface area contributed by atoms with E-state index < -0.39 is 17.9 Å². The van der Waals surface area contributed by atoms with E-state index in [1.807, 2.05) is 36.4 Å². The number of esters is 1. The highest BCUT2D eigenvalue weighted by molar-refractivity contribution is 9.10. The van der Waals surface area contributed by atoms with Gasteiger partial charge in [-0.3, -0.25) is 4.79 Å². The Morgan fingerprint density at radius 1 is 1.00 bits per heavy atom. The number of halogens is 1. The molecule has 0 aromatic heterocycles. The van der Waals surface area contributed by atoms with E-state index in [1.165, 1.54) is 7.11 Å². The number of methoxy groups -OCH3 is 1. The normalized spacial score (nSPS) is 11.6. The molecule has 0 aliphatic rings. The maximum atomic E-state index is 12.3. The Hall–Kier alpha value is -2.86. The lowest BCUT2D eigenvalue weighted by Gasteiger charge is -2.17. The fraction of sp³-hybridized carbons (Fsp3) is 0.143. The molecule has 138 valence electrons. The fourth-order valence-electron chi connectivity index (χ4n) is 2.68. The van der Waals surface area contributed by atoms with Gasteiger partial charge in [0.15, 0.2) is 12.6 Å². The maximum absolute atomic E-state index is 12.3. The van der Waals surface area contributed by atoms with Crippen LogP contribution in [0.4, 0.5) is 0 Å². The lowest BCUT2D eigenvalue weighted by atomic mass is 10.1. The van der Waals surface area contributed by atoms with Crippen LogP contribution in [-0.4, -0.2) is 25.6 Å². The highest BCUT2D eigenvalue weighted by Gasteiger charge is 2.23. The van der Waals surface area contributed by atoms with Crippen LogP contribution in [0, 0.1) is 0 Å². The smallest absolute Gasteiger partial charge is 0.333 e. The predicted molar refractivity (Wildman–Crippen MR) is 106 cm³/mol. The van der Waals surface area contributed by atoms with Gasteiger partial charge in [0.05, 0.1) is 7.11 Å². The summed E-state index contributed by atoms with van der Waals surface area (Å²) < 4.78 is 11.4. The molecule has 0 bridgehead atoms. The molecule has 6 heteroatoms. The Labute approximate surface area is 165 Å². The molecule has 0 heterocycles. The maximum Gasteiger partial charge on any atom is 0.333 e. The number of benzene rings is 3. The minimum Gasteiger partial charge on any atom is -0.484 e. The molecule has 3 rings (SSSR count). The van der Waals surface area contributed by atoms with Crippen molar-refractivity contribution in [3.8, 4) is 5.75 Å². The summed E-state index contributed by atoms with van der Waals surface area (Å²) in [5, 5.41) is 4.73. The van der Waals surface area contributed by atoms with E-state index in [9.17, 15) is 9.59 Å². The van der Waals surface area contributed by atoms with Gasteiger partial charge in [-0.1, -0.05) is 58.4 Å². The van der Waals surface area contributed by atoms with Crippen LogP contribution in [0.5, 0.6) is 5.75 Å². The molecule has 0 saturated heterocycles. The summed E-state index contributed by atoms with van der Waals surface area (Å²) in [5.41, 5.74) is 0.647. The second-order valence-corrected chi connectivity index (χ2v) is 6.79. The number of rotatable bonds is 6. The number of carbonyl (C=O) groups is 2. The van der Waals surface area contributed by atoms with Gasteiger partial charge in [-0.2, -0.15) is 0 Å². The summed E-state index contributed by atoms with van der Waals surface area (Å²) in [7, 11) is 1.29. The Balaban J connectivity index is 1.66. The van der Waals surface area contributed by atoms with Gasteiger partial charge in [0.1, 0.15) is 5.75 Å². The van der Waals surface area contributed by atoms with Gasteiger partial charge in [0.25, 0.3) is 5.91 Å². The van der Waals surface area contributed by atoms with Crippen molar-refractivity contribution in [2.45, 2.75) is 6.04 Å². The quantitative estimate of drug-likeness (QED) is 0.603. The van der Waals surface area contributed by atoms with E-state index in [4.69, 9.17) is 9.47 Å². The van der Waals surface area contributed by atoms with Gasteiger partial charge >= 0.3 is 5.97 Å². The average Bonchev–Trinajstić information content (AvgIpc) is 2.70. The molecule has 0 saturated carbocycles. The average molecular weight is 428 g/mol. The number of ether oxygens (including phenoxy) is 2. The van der Waals surface area contributed by atoms with Crippen LogP contribution >= 0.6 is 15.9 Å². The molecule has 3 aromatic carbocycles. The van der Waals surface area contributed by atoms with Gasteiger partial charge in [-0.05, 0) is 40.6 Å². The summed E-state index contributed by atoms with van der Waals surface area (Å²) in [4.78, 5) is 24.3. The lowest BCUT2D eigenvalue weighted by molar-refractivity contribution is -0.145. The fourth-order valence-corrected chi connectivity index (χ4v) is 3.06. The molecule has 0 radical (unpaired) electrons. The van der Waals surface area contributed by atoms with Crippen molar-refractivity contribution >= 4 is 38.6 Å². The van der Waals surface area contributed by atoms with E-state index in [-0.39, 0.29) is 6.61 Å².